The van der Waals surface area contributed by atoms with Gasteiger partial charge in [0.1, 0.15) is 18.0 Å². The molecule has 1 aliphatic heterocycles. The van der Waals surface area contributed by atoms with E-state index in [9.17, 15) is 9.18 Å². The lowest BCUT2D eigenvalue weighted by molar-refractivity contribution is 0.179. The molecule has 0 aliphatic carbocycles. The van der Waals surface area contributed by atoms with Crippen LogP contribution in [0.25, 0.3) is 16.6 Å². The molecule has 35 heavy (non-hydrogen) atoms. The lowest BCUT2D eigenvalue weighted by Gasteiger charge is -2.32. The van der Waals surface area contributed by atoms with Gasteiger partial charge in [0.25, 0.3) is 0 Å². The van der Waals surface area contributed by atoms with Crippen molar-refractivity contribution in [2.75, 3.05) is 13.1 Å². The van der Waals surface area contributed by atoms with Crippen LogP contribution in [-0.4, -0.2) is 59.8 Å². The minimum absolute atomic E-state index is 0.0608. The quantitative estimate of drug-likeness (QED) is 0.471. The summed E-state index contributed by atoms with van der Waals surface area (Å²) < 4.78 is 33.0. The summed E-state index contributed by atoms with van der Waals surface area (Å²) in [7, 11) is 0. The second-order valence-corrected chi connectivity index (χ2v) is 9.13. The van der Waals surface area contributed by atoms with Gasteiger partial charge in [0.05, 0.1) is 23.4 Å². The number of amides is 2. The number of halogens is 2. The Morgan fingerprint density at radius 1 is 1.17 bits per heavy atom. The molecule has 0 unspecified atom stereocenters. The van der Waals surface area contributed by atoms with Crippen LogP contribution in [0.15, 0.2) is 43.0 Å². The van der Waals surface area contributed by atoms with Gasteiger partial charge in [0, 0.05) is 43.0 Å². The molecule has 4 heterocycles. The van der Waals surface area contributed by atoms with Gasteiger partial charge < -0.3 is 14.8 Å². The van der Waals surface area contributed by atoms with E-state index in [1.54, 1.807) is 34.0 Å². The van der Waals surface area contributed by atoms with Gasteiger partial charge in [-0.05, 0) is 66.8 Å². The molecule has 5 rings (SSSR count). The predicted octanol–water partition coefficient (Wildman–Crippen LogP) is 3.64. The lowest BCUT2D eigenvalue weighted by Crippen LogP contribution is -2.46. The van der Waals surface area contributed by atoms with Crippen molar-refractivity contribution in [3.8, 4) is 5.69 Å². The average Bonchev–Trinajstić information content (AvgIpc) is 3.51. The van der Waals surface area contributed by atoms with E-state index in [0.717, 1.165) is 18.4 Å². The molecule has 1 N–H and O–H groups in total. The first-order chi connectivity index (χ1) is 16.9. The number of fused-ring (bicyclic) bond motifs is 1. The number of aromatic nitrogens is 6. The standard InChI is InChI=1S/C24H26F2N8O/c1-15(2)29-24(35)32-6-3-16(4-7-32)18-10-20(25)22(27-12-18)13-33-8-5-17-9-19(11-21(26)23(17)33)34-14-28-30-31-34/h5,8-12,14-16H,3-4,6-7,13H2,1-2H3,(H,29,35). The third kappa shape index (κ3) is 4.71. The SMILES string of the molecule is CC(C)NC(=O)N1CCC(c2cnc(Cn3ccc4cc(-n5cnnn5)cc(F)c43)c(F)c2)CC1. The fourth-order valence-electron chi connectivity index (χ4n) is 4.56. The van der Waals surface area contributed by atoms with E-state index in [1.165, 1.54) is 23.1 Å². The molecular weight excluding hydrogens is 454 g/mol. The van der Waals surface area contributed by atoms with Crippen LogP contribution < -0.4 is 5.32 Å². The smallest absolute Gasteiger partial charge is 0.317 e. The van der Waals surface area contributed by atoms with Gasteiger partial charge in [0.2, 0.25) is 0 Å². The second-order valence-electron chi connectivity index (χ2n) is 9.13. The number of pyridine rings is 1. The zero-order valence-electron chi connectivity index (χ0n) is 19.5. The minimum Gasteiger partial charge on any atom is -0.339 e. The number of rotatable bonds is 5. The Balaban J connectivity index is 1.30. The highest BCUT2D eigenvalue weighted by Gasteiger charge is 2.25. The van der Waals surface area contributed by atoms with Crippen LogP contribution in [-0.2, 0) is 6.54 Å². The number of hydrogen-bond acceptors (Lipinski definition) is 5. The van der Waals surface area contributed by atoms with Crippen LogP contribution in [0.1, 0.15) is 43.9 Å². The molecule has 0 spiro atoms. The van der Waals surface area contributed by atoms with E-state index in [1.807, 2.05) is 13.8 Å². The van der Waals surface area contributed by atoms with Crippen LogP contribution in [0, 0.1) is 11.6 Å². The Labute approximate surface area is 200 Å². The summed E-state index contributed by atoms with van der Waals surface area (Å²) in [6, 6.07) is 6.43. The molecule has 4 aromatic rings. The summed E-state index contributed by atoms with van der Waals surface area (Å²) >= 11 is 0. The summed E-state index contributed by atoms with van der Waals surface area (Å²) in [6.45, 7) is 5.20. The van der Waals surface area contributed by atoms with Crippen molar-refractivity contribution in [1.82, 2.24) is 40.0 Å². The summed E-state index contributed by atoms with van der Waals surface area (Å²) in [5.41, 5.74) is 1.92. The monoisotopic (exact) mass is 480 g/mol. The summed E-state index contributed by atoms with van der Waals surface area (Å²) in [5, 5.41) is 14.5. The maximum atomic E-state index is 15.0. The van der Waals surface area contributed by atoms with Gasteiger partial charge in [-0.15, -0.1) is 5.10 Å². The van der Waals surface area contributed by atoms with Gasteiger partial charge in [-0.1, -0.05) is 0 Å². The van der Waals surface area contributed by atoms with Crippen LogP contribution >= 0.6 is 0 Å². The van der Waals surface area contributed by atoms with Crippen molar-refractivity contribution in [2.24, 2.45) is 0 Å². The van der Waals surface area contributed by atoms with Gasteiger partial charge in [0.15, 0.2) is 0 Å². The first-order valence-corrected chi connectivity index (χ1v) is 11.6. The number of likely N-dealkylation sites (tertiary alicyclic amines) is 1. The number of nitrogens with one attached hydrogen (secondary N) is 1. The van der Waals surface area contributed by atoms with Gasteiger partial charge in [-0.3, -0.25) is 4.98 Å². The number of benzene rings is 1. The minimum atomic E-state index is -0.455. The highest BCUT2D eigenvalue weighted by Crippen LogP contribution is 2.29. The number of tetrazole rings is 1. The highest BCUT2D eigenvalue weighted by molar-refractivity contribution is 5.83. The number of piperidine rings is 1. The zero-order valence-corrected chi connectivity index (χ0v) is 19.5. The van der Waals surface area contributed by atoms with Crippen molar-refractivity contribution in [1.29, 1.82) is 0 Å². The van der Waals surface area contributed by atoms with Crippen LogP contribution in [0.3, 0.4) is 0 Å². The largest absolute Gasteiger partial charge is 0.339 e. The molecule has 0 atom stereocenters. The molecule has 1 aromatic carbocycles. The number of hydrogen-bond donors (Lipinski definition) is 1. The van der Waals surface area contributed by atoms with Crippen LogP contribution in [0.5, 0.6) is 0 Å². The molecule has 3 aromatic heterocycles. The molecule has 1 aliphatic rings. The van der Waals surface area contributed by atoms with Gasteiger partial charge in [-0.25, -0.2) is 18.3 Å². The van der Waals surface area contributed by atoms with Crippen molar-refractivity contribution >= 4 is 16.9 Å². The lowest BCUT2D eigenvalue weighted by atomic mass is 9.90. The molecule has 2 amide bonds. The molecule has 0 bridgehead atoms. The van der Waals surface area contributed by atoms with Crippen molar-refractivity contribution < 1.29 is 13.6 Å². The average molecular weight is 481 g/mol. The third-order valence-corrected chi connectivity index (χ3v) is 6.34. The van der Waals surface area contributed by atoms with E-state index in [4.69, 9.17) is 0 Å². The molecule has 1 fully saturated rings. The summed E-state index contributed by atoms with van der Waals surface area (Å²) in [5.74, 6) is -0.734. The summed E-state index contributed by atoms with van der Waals surface area (Å²) in [4.78, 5) is 18.4. The normalized spacial score (nSPS) is 14.7. The molecule has 0 radical (unpaired) electrons. The Morgan fingerprint density at radius 2 is 1.97 bits per heavy atom. The van der Waals surface area contributed by atoms with Gasteiger partial charge in [-0.2, -0.15) is 0 Å². The van der Waals surface area contributed by atoms with Crippen molar-refractivity contribution in [3.05, 3.63) is 65.9 Å². The molecule has 0 saturated carbocycles. The topological polar surface area (TPSA) is 93.8 Å². The van der Waals surface area contributed by atoms with Gasteiger partial charge >= 0.3 is 6.03 Å². The Morgan fingerprint density at radius 3 is 2.66 bits per heavy atom. The van der Waals surface area contributed by atoms with E-state index < -0.39 is 11.6 Å². The zero-order chi connectivity index (χ0) is 24.5. The predicted molar refractivity (Wildman–Crippen MR) is 125 cm³/mol. The summed E-state index contributed by atoms with van der Waals surface area (Å²) in [6.07, 6.45) is 6.31. The van der Waals surface area contributed by atoms with E-state index in [2.05, 4.69) is 25.8 Å². The Kier molecular flexibility index (Phi) is 6.14. The first kappa shape index (κ1) is 22.9. The fourth-order valence-corrected chi connectivity index (χ4v) is 4.56. The first-order valence-electron chi connectivity index (χ1n) is 11.6. The Hall–Kier alpha value is -3.89. The highest BCUT2D eigenvalue weighted by atomic mass is 19.1. The second kappa shape index (κ2) is 9.40. The molecule has 11 heteroatoms. The number of urea groups is 1. The number of carbonyl (C=O) groups excluding carboxylic acids is 1. The third-order valence-electron chi connectivity index (χ3n) is 6.34. The number of carbonyl (C=O) groups is 1. The van der Waals surface area contributed by atoms with E-state index in [-0.39, 0.29) is 30.2 Å². The number of nitrogens with zero attached hydrogens (tertiary/aromatic N) is 7. The molecule has 9 nitrogen and oxygen atoms in total. The van der Waals surface area contributed by atoms with Crippen LogP contribution in [0.2, 0.25) is 0 Å². The maximum absolute atomic E-state index is 15.0. The fraction of sp³-hybridized carbons (Fsp3) is 0.375. The molecular formula is C24H26F2N8O. The van der Waals surface area contributed by atoms with E-state index >= 15 is 4.39 Å². The van der Waals surface area contributed by atoms with E-state index in [0.29, 0.717) is 29.7 Å². The molecule has 1 saturated heterocycles. The van der Waals surface area contributed by atoms with Crippen molar-refractivity contribution in [2.45, 2.75) is 45.2 Å². The molecule has 182 valence electrons. The van der Waals surface area contributed by atoms with Crippen LogP contribution in [0.4, 0.5) is 13.6 Å². The maximum Gasteiger partial charge on any atom is 0.317 e. The van der Waals surface area contributed by atoms with Crippen molar-refractivity contribution in [3.63, 3.8) is 0 Å². The Bertz CT molecular complexity index is 1340.